The Hall–Kier alpha value is -1.60. The average Bonchev–Trinajstić information content (AvgIpc) is 2.63. The Morgan fingerprint density at radius 3 is 2.94 bits per heavy atom. The number of halogens is 1. The molecule has 1 unspecified atom stereocenters. The van der Waals surface area contributed by atoms with E-state index >= 15 is 0 Å². The maximum absolute atomic E-state index is 13.2. The van der Waals surface area contributed by atoms with E-state index in [9.17, 15) is 4.39 Å². The van der Waals surface area contributed by atoms with Crippen LogP contribution in [0.4, 0.5) is 10.1 Å². The summed E-state index contributed by atoms with van der Waals surface area (Å²) in [6, 6.07) is 6.19. The molecule has 1 atom stereocenters. The molecule has 1 aromatic rings. The van der Waals surface area contributed by atoms with E-state index in [2.05, 4.69) is 5.32 Å². The van der Waals surface area contributed by atoms with Gasteiger partial charge in [-0.3, -0.25) is 0 Å². The first kappa shape index (κ1) is 10.9. The van der Waals surface area contributed by atoms with Gasteiger partial charge in [0.05, 0.1) is 23.8 Å². The lowest BCUT2D eigenvalue weighted by Crippen LogP contribution is -2.34. The van der Waals surface area contributed by atoms with E-state index in [1.165, 1.54) is 12.1 Å². The van der Waals surface area contributed by atoms with Gasteiger partial charge in [0.25, 0.3) is 0 Å². The molecule has 1 aliphatic rings. The Labute approximate surface area is 93.8 Å². The van der Waals surface area contributed by atoms with Crippen molar-refractivity contribution in [1.82, 2.24) is 0 Å². The summed E-state index contributed by atoms with van der Waals surface area (Å²) in [5.41, 5.74) is 0.787. The summed E-state index contributed by atoms with van der Waals surface area (Å²) < 4.78 is 18.5. The zero-order chi connectivity index (χ0) is 11.6. The van der Waals surface area contributed by atoms with Gasteiger partial charge in [0.2, 0.25) is 0 Å². The maximum Gasteiger partial charge on any atom is 0.126 e. The van der Waals surface area contributed by atoms with Crippen molar-refractivity contribution in [3.8, 4) is 6.07 Å². The molecular formula is C12H13FN2O. The molecule has 0 aromatic heterocycles. The highest BCUT2D eigenvalue weighted by atomic mass is 19.1. The highest BCUT2D eigenvalue weighted by Gasteiger charge is 2.29. The fourth-order valence-corrected chi connectivity index (χ4v) is 1.84. The van der Waals surface area contributed by atoms with Crippen molar-refractivity contribution in [3.63, 3.8) is 0 Å². The van der Waals surface area contributed by atoms with E-state index in [4.69, 9.17) is 10.00 Å². The molecule has 0 spiro atoms. The van der Waals surface area contributed by atoms with Gasteiger partial charge in [-0.2, -0.15) is 5.26 Å². The fraction of sp³-hybridized carbons (Fsp3) is 0.417. The number of benzene rings is 1. The first-order valence-corrected chi connectivity index (χ1v) is 5.18. The number of hydrogen-bond acceptors (Lipinski definition) is 3. The first-order chi connectivity index (χ1) is 7.61. The summed E-state index contributed by atoms with van der Waals surface area (Å²) in [7, 11) is 0. The predicted octanol–water partition coefficient (Wildman–Crippen LogP) is 2.29. The van der Waals surface area contributed by atoms with E-state index in [-0.39, 0.29) is 5.54 Å². The Kier molecular flexibility index (Phi) is 2.80. The topological polar surface area (TPSA) is 45.0 Å². The molecule has 1 N–H and O–H groups in total. The lowest BCUT2D eigenvalue weighted by molar-refractivity contribution is 0.185. The molecule has 0 bridgehead atoms. The van der Waals surface area contributed by atoms with Crippen LogP contribution in [-0.4, -0.2) is 18.8 Å². The van der Waals surface area contributed by atoms with Crippen LogP contribution in [0, 0.1) is 17.1 Å². The minimum atomic E-state index is -0.399. The predicted molar refractivity (Wildman–Crippen MR) is 58.6 cm³/mol. The van der Waals surface area contributed by atoms with Gasteiger partial charge in [-0.15, -0.1) is 0 Å². The summed E-state index contributed by atoms with van der Waals surface area (Å²) in [6.45, 7) is 3.34. The Balaban J connectivity index is 2.21. The zero-order valence-corrected chi connectivity index (χ0v) is 9.09. The third-order valence-electron chi connectivity index (χ3n) is 2.69. The molecule has 4 heteroatoms. The van der Waals surface area contributed by atoms with Crippen LogP contribution in [0.3, 0.4) is 0 Å². The number of nitriles is 1. The second kappa shape index (κ2) is 4.11. The monoisotopic (exact) mass is 220 g/mol. The molecule has 3 nitrogen and oxygen atoms in total. The summed E-state index contributed by atoms with van der Waals surface area (Å²) in [4.78, 5) is 0. The first-order valence-electron chi connectivity index (χ1n) is 5.18. The standard InChI is InChI=1S/C12H13FN2O/c1-12(2-3-16-8-12)15-11-5-9(7-14)4-10(13)6-11/h4-6,15H,2-3,8H2,1H3. The number of hydrogen-bond donors (Lipinski definition) is 1. The molecule has 1 heterocycles. The van der Waals surface area contributed by atoms with Gasteiger partial charge in [0.15, 0.2) is 0 Å². The second-order valence-electron chi connectivity index (χ2n) is 4.33. The van der Waals surface area contributed by atoms with Crippen molar-refractivity contribution in [2.45, 2.75) is 18.9 Å². The third kappa shape index (κ3) is 2.31. The Bertz CT molecular complexity index is 433. The van der Waals surface area contributed by atoms with Crippen LogP contribution >= 0.6 is 0 Å². The fourth-order valence-electron chi connectivity index (χ4n) is 1.84. The van der Waals surface area contributed by atoms with Gasteiger partial charge in [-0.1, -0.05) is 0 Å². The third-order valence-corrected chi connectivity index (χ3v) is 2.69. The van der Waals surface area contributed by atoms with Crippen molar-refractivity contribution < 1.29 is 9.13 Å². The number of nitrogens with zero attached hydrogens (tertiary/aromatic N) is 1. The van der Waals surface area contributed by atoms with Crippen LogP contribution < -0.4 is 5.32 Å². The number of ether oxygens (including phenoxy) is 1. The molecular weight excluding hydrogens is 207 g/mol. The highest BCUT2D eigenvalue weighted by molar-refractivity contribution is 5.51. The van der Waals surface area contributed by atoms with Gasteiger partial charge in [0.1, 0.15) is 5.82 Å². The van der Waals surface area contributed by atoms with E-state index in [1.54, 1.807) is 6.07 Å². The molecule has 0 aliphatic carbocycles. The lowest BCUT2D eigenvalue weighted by atomic mass is 10.0. The normalized spacial score (nSPS) is 24.1. The minimum Gasteiger partial charge on any atom is -0.379 e. The molecule has 0 radical (unpaired) electrons. The van der Waals surface area contributed by atoms with E-state index in [0.717, 1.165) is 6.42 Å². The van der Waals surface area contributed by atoms with Crippen molar-refractivity contribution in [2.75, 3.05) is 18.5 Å². The smallest absolute Gasteiger partial charge is 0.126 e. The molecule has 84 valence electrons. The molecule has 1 saturated heterocycles. The van der Waals surface area contributed by atoms with E-state index < -0.39 is 5.82 Å². The summed E-state index contributed by atoms with van der Waals surface area (Å²) in [5.74, 6) is -0.399. The Morgan fingerprint density at radius 2 is 2.31 bits per heavy atom. The van der Waals surface area contributed by atoms with Crippen molar-refractivity contribution in [1.29, 1.82) is 5.26 Å². The molecule has 0 amide bonds. The molecule has 1 aliphatic heterocycles. The van der Waals surface area contributed by atoms with Crippen LogP contribution in [0.25, 0.3) is 0 Å². The van der Waals surface area contributed by atoms with Gasteiger partial charge in [-0.05, 0) is 31.5 Å². The number of anilines is 1. The summed E-state index contributed by atoms with van der Waals surface area (Å²) >= 11 is 0. The quantitative estimate of drug-likeness (QED) is 0.831. The van der Waals surface area contributed by atoms with Crippen LogP contribution in [-0.2, 0) is 4.74 Å². The van der Waals surface area contributed by atoms with Crippen molar-refractivity contribution >= 4 is 5.69 Å². The zero-order valence-electron chi connectivity index (χ0n) is 9.09. The van der Waals surface area contributed by atoms with Crippen LogP contribution in [0.5, 0.6) is 0 Å². The molecule has 0 saturated carbocycles. The van der Waals surface area contributed by atoms with Gasteiger partial charge in [0, 0.05) is 12.3 Å². The minimum absolute atomic E-state index is 0.166. The van der Waals surface area contributed by atoms with Gasteiger partial charge in [-0.25, -0.2) is 4.39 Å². The largest absolute Gasteiger partial charge is 0.379 e. The van der Waals surface area contributed by atoms with E-state index in [1.807, 2.05) is 13.0 Å². The molecule has 2 rings (SSSR count). The average molecular weight is 220 g/mol. The number of rotatable bonds is 2. The van der Waals surface area contributed by atoms with Crippen LogP contribution in [0.1, 0.15) is 18.9 Å². The maximum atomic E-state index is 13.2. The molecule has 1 aromatic carbocycles. The van der Waals surface area contributed by atoms with Crippen molar-refractivity contribution in [2.24, 2.45) is 0 Å². The van der Waals surface area contributed by atoms with Crippen LogP contribution in [0.2, 0.25) is 0 Å². The highest BCUT2D eigenvalue weighted by Crippen LogP contribution is 2.24. The van der Waals surface area contributed by atoms with Gasteiger partial charge < -0.3 is 10.1 Å². The molecule has 1 fully saturated rings. The molecule has 16 heavy (non-hydrogen) atoms. The van der Waals surface area contributed by atoms with E-state index in [0.29, 0.717) is 24.5 Å². The lowest BCUT2D eigenvalue weighted by Gasteiger charge is -2.25. The van der Waals surface area contributed by atoms with Gasteiger partial charge >= 0.3 is 0 Å². The van der Waals surface area contributed by atoms with Crippen molar-refractivity contribution in [3.05, 3.63) is 29.6 Å². The Morgan fingerprint density at radius 1 is 1.50 bits per heavy atom. The van der Waals surface area contributed by atoms with Crippen LogP contribution in [0.15, 0.2) is 18.2 Å². The summed E-state index contributed by atoms with van der Waals surface area (Å²) in [5, 5.41) is 12.0. The second-order valence-corrected chi connectivity index (χ2v) is 4.33. The summed E-state index contributed by atoms with van der Waals surface area (Å²) in [6.07, 6.45) is 0.880. The number of nitrogens with one attached hydrogen (secondary N) is 1. The SMILES string of the molecule is CC1(Nc2cc(F)cc(C#N)c2)CCOC1.